The summed E-state index contributed by atoms with van der Waals surface area (Å²) in [5.74, 6) is -0.896. The Morgan fingerprint density at radius 3 is 2.54 bits per heavy atom. The van der Waals surface area contributed by atoms with Gasteiger partial charge in [0.1, 0.15) is 12.1 Å². The Kier molecular flexibility index (Phi) is 5.31. The molecular formula is C17H23FN2O4. The van der Waals surface area contributed by atoms with Crippen LogP contribution in [-0.4, -0.2) is 48.2 Å². The molecule has 0 spiro atoms. The fourth-order valence-corrected chi connectivity index (χ4v) is 2.58. The second kappa shape index (κ2) is 7.07. The van der Waals surface area contributed by atoms with Gasteiger partial charge in [0, 0.05) is 12.0 Å². The average molecular weight is 338 g/mol. The minimum atomic E-state index is -0.755. The number of amides is 2. The predicted molar refractivity (Wildman–Crippen MR) is 86.2 cm³/mol. The van der Waals surface area contributed by atoms with Crippen molar-refractivity contribution in [3.63, 3.8) is 0 Å². The van der Waals surface area contributed by atoms with E-state index in [4.69, 9.17) is 9.47 Å². The summed E-state index contributed by atoms with van der Waals surface area (Å²) < 4.78 is 24.1. The first-order valence-corrected chi connectivity index (χ1v) is 7.79. The fraction of sp³-hybridized carbons (Fsp3) is 0.529. The minimum absolute atomic E-state index is 0.101. The Hall–Kier alpha value is -2.31. The maximum Gasteiger partial charge on any atom is 0.328 e. The fourth-order valence-electron chi connectivity index (χ4n) is 2.58. The average Bonchev–Trinajstić information content (AvgIpc) is 2.91. The van der Waals surface area contributed by atoms with Crippen molar-refractivity contribution >= 4 is 12.0 Å². The Labute approximate surface area is 140 Å². The number of likely N-dealkylation sites (tertiary alicyclic amines) is 1. The number of methoxy groups -OCH3 is 1. The van der Waals surface area contributed by atoms with Gasteiger partial charge in [0.25, 0.3) is 0 Å². The summed E-state index contributed by atoms with van der Waals surface area (Å²) in [5, 5.41) is 2.82. The van der Waals surface area contributed by atoms with Gasteiger partial charge in [-0.25, -0.2) is 14.0 Å². The summed E-state index contributed by atoms with van der Waals surface area (Å²) in [6.45, 7) is 5.72. The number of benzene rings is 1. The zero-order chi connectivity index (χ0) is 17.9. The van der Waals surface area contributed by atoms with Crippen LogP contribution in [0.2, 0.25) is 0 Å². The highest BCUT2D eigenvalue weighted by molar-refractivity contribution is 5.84. The van der Waals surface area contributed by atoms with Crippen molar-refractivity contribution in [1.29, 1.82) is 0 Å². The molecule has 1 heterocycles. The van der Waals surface area contributed by atoms with Gasteiger partial charge in [-0.05, 0) is 32.9 Å². The number of rotatable bonds is 3. The van der Waals surface area contributed by atoms with Crippen LogP contribution in [0.3, 0.4) is 0 Å². The van der Waals surface area contributed by atoms with Crippen LogP contribution in [0.25, 0.3) is 0 Å². The molecule has 0 unspecified atom stereocenters. The number of carbonyl (C=O) groups is 2. The first-order chi connectivity index (χ1) is 11.2. The molecule has 2 rings (SSSR count). The molecule has 1 fully saturated rings. The van der Waals surface area contributed by atoms with E-state index in [-0.39, 0.29) is 24.7 Å². The summed E-state index contributed by atoms with van der Waals surface area (Å²) in [4.78, 5) is 25.8. The molecule has 1 aromatic carbocycles. The highest BCUT2D eigenvalue weighted by Crippen LogP contribution is 2.26. The molecule has 1 N–H and O–H groups in total. The Balaban J connectivity index is 2.13. The van der Waals surface area contributed by atoms with Gasteiger partial charge in [-0.2, -0.15) is 0 Å². The van der Waals surface area contributed by atoms with Crippen LogP contribution in [0.4, 0.5) is 9.18 Å². The number of hydrogen-bond donors (Lipinski definition) is 1. The SMILES string of the molecule is COC(=O)[C@H]1C[C@@H](Oc2ccccc2F)CN1C(=O)NC(C)(C)C. The number of nitrogens with one attached hydrogen (secondary N) is 1. The van der Waals surface area contributed by atoms with Crippen molar-refractivity contribution in [2.24, 2.45) is 0 Å². The lowest BCUT2D eigenvalue weighted by Crippen LogP contribution is -2.52. The number of urea groups is 1. The highest BCUT2D eigenvalue weighted by atomic mass is 19.1. The van der Waals surface area contributed by atoms with Crippen molar-refractivity contribution in [3.05, 3.63) is 30.1 Å². The maximum atomic E-state index is 13.7. The van der Waals surface area contributed by atoms with E-state index in [1.54, 1.807) is 12.1 Å². The molecule has 1 aliphatic rings. The molecular weight excluding hydrogens is 315 g/mol. The lowest BCUT2D eigenvalue weighted by molar-refractivity contribution is -0.145. The second-order valence-corrected chi connectivity index (χ2v) is 6.78. The smallest absolute Gasteiger partial charge is 0.328 e. The molecule has 0 aromatic heterocycles. The standard InChI is InChI=1S/C17H23FN2O4/c1-17(2,3)19-16(22)20-10-11(9-13(20)15(21)23-4)24-14-8-6-5-7-12(14)18/h5-8,11,13H,9-10H2,1-4H3,(H,19,22)/t11-,13-/m1/s1. The molecule has 0 bridgehead atoms. The van der Waals surface area contributed by atoms with Crippen LogP contribution in [-0.2, 0) is 9.53 Å². The molecule has 1 aliphatic heterocycles. The van der Waals surface area contributed by atoms with E-state index in [2.05, 4.69) is 5.32 Å². The van der Waals surface area contributed by atoms with Gasteiger partial charge in [-0.15, -0.1) is 0 Å². The quantitative estimate of drug-likeness (QED) is 0.859. The third kappa shape index (κ3) is 4.37. The van der Waals surface area contributed by atoms with Crippen molar-refractivity contribution in [2.45, 2.75) is 44.9 Å². The van der Waals surface area contributed by atoms with Crippen LogP contribution >= 0.6 is 0 Å². The number of para-hydroxylation sites is 1. The van der Waals surface area contributed by atoms with Gasteiger partial charge in [0.15, 0.2) is 11.6 Å². The Morgan fingerprint density at radius 1 is 1.29 bits per heavy atom. The van der Waals surface area contributed by atoms with E-state index in [0.717, 1.165) is 0 Å². The van der Waals surface area contributed by atoms with Gasteiger partial charge in [0.2, 0.25) is 0 Å². The summed E-state index contributed by atoms with van der Waals surface area (Å²) in [6.07, 6.45) is -0.241. The first kappa shape index (κ1) is 18.0. The topological polar surface area (TPSA) is 67.9 Å². The molecule has 0 saturated carbocycles. The number of carbonyl (C=O) groups excluding carboxylic acids is 2. The van der Waals surface area contributed by atoms with Crippen LogP contribution < -0.4 is 10.1 Å². The number of halogens is 1. The van der Waals surface area contributed by atoms with Crippen LogP contribution in [0.1, 0.15) is 27.2 Å². The molecule has 6 nitrogen and oxygen atoms in total. The van der Waals surface area contributed by atoms with Crippen LogP contribution in [0, 0.1) is 5.82 Å². The Bertz CT molecular complexity index is 615. The molecule has 1 aromatic rings. The Morgan fingerprint density at radius 2 is 1.96 bits per heavy atom. The molecule has 2 amide bonds. The van der Waals surface area contributed by atoms with E-state index in [0.29, 0.717) is 0 Å². The van der Waals surface area contributed by atoms with E-state index < -0.39 is 29.5 Å². The summed E-state index contributed by atoms with van der Waals surface area (Å²) in [5.41, 5.74) is -0.442. The minimum Gasteiger partial charge on any atom is -0.485 e. The zero-order valence-electron chi connectivity index (χ0n) is 14.3. The van der Waals surface area contributed by atoms with E-state index >= 15 is 0 Å². The maximum absolute atomic E-state index is 13.7. The van der Waals surface area contributed by atoms with E-state index in [9.17, 15) is 14.0 Å². The largest absolute Gasteiger partial charge is 0.485 e. The lowest BCUT2D eigenvalue weighted by Gasteiger charge is -2.28. The van der Waals surface area contributed by atoms with Crippen LogP contribution in [0.5, 0.6) is 5.75 Å². The highest BCUT2D eigenvalue weighted by Gasteiger charge is 2.42. The molecule has 0 radical (unpaired) electrons. The summed E-state index contributed by atoms with van der Waals surface area (Å²) in [6, 6.07) is 4.91. The summed E-state index contributed by atoms with van der Waals surface area (Å²) in [7, 11) is 1.27. The monoisotopic (exact) mass is 338 g/mol. The third-order valence-electron chi connectivity index (χ3n) is 3.61. The molecule has 1 saturated heterocycles. The van der Waals surface area contributed by atoms with Crippen molar-refractivity contribution in [3.8, 4) is 5.75 Å². The van der Waals surface area contributed by atoms with E-state index in [1.807, 2.05) is 20.8 Å². The number of esters is 1. The van der Waals surface area contributed by atoms with Crippen molar-refractivity contribution in [2.75, 3.05) is 13.7 Å². The second-order valence-electron chi connectivity index (χ2n) is 6.78. The van der Waals surface area contributed by atoms with Gasteiger partial charge >= 0.3 is 12.0 Å². The zero-order valence-corrected chi connectivity index (χ0v) is 14.3. The van der Waals surface area contributed by atoms with Gasteiger partial charge in [0.05, 0.1) is 13.7 Å². The number of ether oxygens (including phenoxy) is 2. The lowest BCUT2D eigenvalue weighted by atomic mass is 10.1. The van der Waals surface area contributed by atoms with E-state index in [1.165, 1.54) is 24.1 Å². The van der Waals surface area contributed by atoms with Gasteiger partial charge in [-0.1, -0.05) is 12.1 Å². The van der Waals surface area contributed by atoms with Crippen molar-refractivity contribution < 1.29 is 23.5 Å². The molecule has 132 valence electrons. The van der Waals surface area contributed by atoms with Crippen LogP contribution in [0.15, 0.2) is 24.3 Å². The van der Waals surface area contributed by atoms with Gasteiger partial charge < -0.3 is 19.7 Å². The number of nitrogens with zero attached hydrogens (tertiary/aromatic N) is 1. The predicted octanol–water partition coefficient (Wildman–Crippen LogP) is 2.33. The summed E-state index contributed by atoms with van der Waals surface area (Å²) >= 11 is 0. The number of hydrogen-bond acceptors (Lipinski definition) is 4. The normalized spacial score (nSPS) is 20.6. The molecule has 2 atom stereocenters. The third-order valence-corrected chi connectivity index (χ3v) is 3.61. The first-order valence-electron chi connectivity index (χ1n) is 7.79. The van der Waals surface area contributed by atoms with Gasteiger partial charge in [-0.3, -0.25) is 0 Å². The molecule has 7 heteroatoms. The van der Waals surface area contributed by atoms with Crippen molar-refractivity contribution in [1.82, 2.24) is 10.2 Å². The molecule has 0 aliphatic carbocycles. The molecule has 24 heavy (non-hydrogen) atoms.